The summed E-state index contributed by atoms with van der Waals surface area (Å²) in [6.45, 7) is 5.24. The Morgan fingerprint density at radius 1 is 1.12 bits per heavy atom. The lowest BCUT2D eigenvalue weighted by molar-refractivity contribution is -0.116. The molecule has 0 radical (unpaired) electrons. The molecule has 1 heterocycles. The second kappa shape index (κ2) is 7.70. The average Bonchev–Trinajstić information content (AvgIpc) is 2.92. The summed E-state index contributed by atoms with van der Waals surface area (Å²) in [6.07, 6.45) is 0. The molecule has 0 atom stereocenters. The van der Waals surface area contributed by atoms with Crippen molar-refractivity contribution < 1.29 is 4.79 Å². The van der Waals surface area contributed by atoms with E-state index in [0.717, 1.165) is 22.5 Å². The van der Waals surface area contributed by atoms with Gasteiger partial charge in [-0.1, -0.05) is 38.1 Å². The smallest absolute Gasteiger partial charge is 0.244 e. The number of fused-ring (bicyclic) bond motifs is 1. The molecule has 0 saturated carbocycles. The zero-order valence-corrected chi connectivity index (χ0v) is 15.9. The summed E-state index contributed by atoms with van der Waals surface area (Å²) in [4.78, 5) is 19.3. The first-order chi connectivity index (χ1) is 12.4. The quantitative estimate of drug-likeness (QED) is 0.734. The minimum Gasteiger partial charge on any atom is -0.325 e. The van der Waals surface area contributed by atoms with E-state index in [-0.39, 0.29) is 12.5 Å². The number of imidazole rings is 1. The number of hydrogen-bond acceptors (Lipinski definition) is 3. The van der Waals surface area contributed by atoms with Crippen LogP contribution in [0.2, 0.25) is 0 Å². The first-order valence-electron chi connectivity index (χ1n) is 8.92. The van der Waals surface area contributed by atoms with Gasteiger partial charge in [0.2, 0.25) is 5.91 Å². The van der Waals surface area contributed by atoms with Crippen molar-refractivity contribution in [3.63, 3.8) is 0 Å². The van der Waals surface area contributed by atoms with Crippen molar-refractivity contribution in [2.24, 2.45) is 0 Å². The lowest BCUT2D eigenvalue weighted by atomic mass is 10.0. The van der Waals surface area contributed by atoms with Gasteiger partial charge in [-0.05, 0) is 49.8 Å². The number of nitrogens with zero attached hydrogens (tertiary/aromatic N) is 3. The Bertz CT molecular complexity index is 894. The number of nitrogens with one attached hydrogen (secondary N) is 1. The van der Waals surface area contributed by atoms with E-state index in [1.54, 1.807) is 0 Å². The van der Waals surface area contributed by atoms with E-state index in [9.17, 15) is 4.79 Å². The van der Waals surface area contributed by atoms with Crippen molar-refractivity contribution in [2.45, 2.75) is 32.9 Å². The van der Waals surface area contributed by atoms with Crippen LogP contribution in [0.1, 0.15) is 31.2 Å². The van der Waals surface area contributed by atoms with Gasteiger partial charge in [0.05, 0.1) is 17.6 Å². The second-order valence-corrected chi connectivity index (χ2v) is 7.17. The van der Waals surface area contributed by atoms with Crippen LogP contribution in [0.15, 0.2) is 48.5 Å². The molecule has 0 fully saturated rings. The van der Waals surface area contributed by atoms with Crippen molar-refractivity contribution in [1.29, 1.82) is 0 Å². The minimum atomic E-state index is -0.0505. The highest BCUT2D eigenvalue weighted by atomic mass is 16.1. The molecule has 1 aromatic heterocycles. The number of para-hydroxylation sites is 2. The molecule has 2 aromatic carbocycles. The Labute approximate surface area is 154 Å². The van der Waals surface area contributed by atoms with Crippen LogP contribution in [0.4, 0.5) is 5.69 Å². The summed E-state index contributed by atoms with van der Waals surface area (Å²) in [5, 5.41) is 2.99. The van der Waals surface area contributed by atoms with Gasteiger partial charge in [-0.3, -0.25) is 4.79 Å². The average molecular weight is 350 g/mol. The van der Waals surface area contributed by atoms with Gasteiger partial charge in [0.1, 0.15) is 12.4 Å². The molecule has 3 rings (SSSR count). The fourth-order valence-corrected chi connectivity index (χ4v) is 3.00. The molecule has 0 bridgehead atoms. The van der Waals surface area contributed by atoms with E-state index in [4.69, 9.17) is 0 Å². The van der Waals surface area contributed by atoms with E-state index >= 15 is 0 Å². The maximum absolute atomic E-state index is 12.6. The van der Waals surface area contributed by atoms with Gasteiger partial charge in [0.25, 0.3) is 0 Å². The topological polar surface area (TPSA) is 50.2 Å². The summed E-state index contributed by atoms with van der Waals surface area (Å²) < 4.78 is 1.99. The summed E-state index contributed by atoms with van der Waals surface area (Å²) in [7, 11) is 4.00. The predicted octanol–water partition coefficient (Wildman–Crippen LogP) is 3.86. The van der Waals surface area contributed by atoms with Crippen LogP contribution in [-0.4, -0.2) is 34.5 Å². The van der Waals surface area contributed by atoms with Crippen LogP contribution in [0, 0.1) is 0 Å². The molecule has 5 nitrogen and oxygen atoms in total. The van der Waals surface area contributed by atoms with Crippen LogP contribution < -0.4 is 5.32 Å². The monoisotopic (exact) mass is 350 g/mol. The third kappa shape index (κ3) is 4.11. The molecule has 1 N–H and O–H groups in total. The number of aromatic nitrogens is 2. The van der Waals surface area contributed by atoms with E-state index in [1.807, 2.05) is 55.1 Å². The lowest BCUT2D eigenvalue weighted by Gasteiger charge is -2.13. The molecule has 3 aromatic rings. The molecule has 0 spiro atoms. The number of carbonyl (C=O) groups is 1. The third-order valence-electron chi connectivity index (χ3n) is 4.35. The number of benzene rings is 2. The summed E-state index contributed by atoms with van der Waals surface area (Å²) in [6, 6.07) is 16.0. The number of rotatable bonds is 6. The molecule has 136 valence electrons. The van der Waals surface area contributed by atoms with Gasteiger partial charge in [-0.2, -0.15) is 0 Å². The van der Waals surface area contributed by atoms with Crippen molar-refractivity contribution in [3.05, 3.63) is 59.9 Å². The maximum Gasteiger partial charge on any atom is 0.244 e. The highest BCUT2D eigenvalue weighted by Gasteiger charge is 2.14. The predicted molar refractivity (Wildman–Crippen MR) is 106 cm³/mol. The second-order valence-electron chi connectivity index (χ2n) is 7.17. The molecule has 1 amide bonds. The van der Waals surface area contributed by atoms with Crippen LogP contribution >= 0.6 is 0 Å². The highest BCUT2D eigenvalue weighted by molar-refractivity contribution is 5.91. The molecule has 0 aliphatic rings. The van der Waals surface area contributed by atoms with E-state index in [1.165, 1.54) is 5.56 Å². The van der Waals surface area contributed by atoms with Gasteiger partial charge >= 0.3 is 0 Å². The van der Waals surface area contributed by atoms with Gasteiger partial charge in [-0.15, -0.1) is 0 Å². The number of carbonyl (C=O) groups excluding carboxylic acids is 1. The van der Waals surface area contributed by atoms with E-state index in [2.05, 4.69) is 41.2 Å². The summed E-state index contributed by atoms with van der Waals surface area (Å²) in [5.74, 6) is 1.32. The molecule has 26 heavy (non-hydrogen) atoms. The fraction of sp³-hybridized carbons (Fsp3) is 0.333. The Hall–Kier alpha value is -2.66. The SMILES string of the molecule is CC(C)c1ccc(NC(=O)Cn2c(CN(C)C)nc3ccccc32)cc1. The van der Waals surface area contributed by atoms with Crippen LogP contribution in [0.25, 0.3) is 11.0 Å². The van der Waals surface area contributed by atoms with Crippen molar-refractivity contribution in [1.82, 2.24) is 14.5 Å². The molecule has 0 aliphatic carbocycles. The third-order valence-corrected chi connectivity index (χ3v) is 4.35. The Morgan fingerprint density at radius 3 is 2.46 bits per heavy atom. The molecular weight excluding hydrogens is 324 g/mol. The number of anilines is 1. The normalized spacial score (nSPS) is 11.5. The zero-order chi connectivity index (χ0) is 18.7. The van der Waals surface area contributed by atoms with E-state index in [0.29, 0.717) is 12.5 Å². The fourth-order valence-electron chi connectivity index (χ4n) is 3.00. The zero-order valence-electron chi connectivity index (χ0n) is 15.9. The first-order valence-corrected chi connectivity index (χ1v) is 8.92. The summed E-state index contributed by atoms with van der Waals surface area (Å²) >= 11 is 0. The van der Waals surface area contributed by atoms with Crippen LogP contribution in [0.3, 0.4) is 0 Å². The van der Waals surface area contributed by atoms with Crippen LogP contribution in [-0.2, 0) is 17.9 Å². The van der Waals surface area contributed by atoms with Crippen LogP contribution in [0.5, 0.6) is 0 Å². The van der Waals surface area contributed by atoms with Gasteiger partial charge in [0.15, 0.2) is 0 Å². The first kappa shape index (κ1) is 18.1. The van der Waals surface area contributed by atoms with Gasteiger partial charge in [-0.25, -0.2) is 4.98 Å². The standard InChI is InChI=1S/C21H26N4O/c1-15(2)16-9-11-17(12-10-16)22-21(26)14-25-19-8-6-5-7-18(19)23-20(25)13-24(3)4/h5-12,15H,13-14H2,1-4H3,(H,22,26). The molecule has 0 unspecified atom stereocenters. The molecular formula is C21H26N4O. The Morgan fingerprint density at radius 2 is 1.81 bits per heavy atom. The Kier molecular flexibility index (Phi) is 5.38. The van der Waals surface area contributed by atoms with Crippen molar-refractivity contribution in [2.75, 3.05) is 19.4 Å². The number of hydrogen-bond donors (Lipinski definition) is 1. The van der Waals surface area contributed by atoms with Crippen molar-refractivity contribution >= 4 is 22.6 Å². The lowest BCUT2D eigenvalue weighted by Crippen LogP contribution is -2.22. The highest BCUT2D eigenvalue weighted by Crippen LogP contribution is 2.19. The maximum atomic E-state index is 12.6. The number of amides is 1. The largest absolute Gasteiger partial charge is 0.325 e. The Balaban J connectivity index is 1.80. The molecule has 5 heteroatoms. The van der Waals surface area contributed by atoms with Gasteiger partial charge in [0, 0.05) is 5.69 Å². The molecule has 0 aliphatic heterocycles. The van der Waals surface area contributed by atoms with E-state index < -0.39 is 0 Å². The van der Waals surface area contributed by atoms with Crippen molar-refractivity contribution in [3.8, 4) is 0 Å². The molecule has 0 saturated heterocycles. The minimum absolute atomic E-state index is 0.0505. The van der Waals surface area contributed by atoms with Gasteiger partial charge < -0.3 is 14.8 Å². The summed E-state index contributed by atoms with van der Waals surface area (Å²) in [5.41, 5.74) is 3.97.